The van der Waals surface area contributed by atoms with Crippen molar-refractivity contribution in [1.82, 2.24) is 0 Å². The van der Waals surface area contributed by atoms with Crippen LogP contribution in [0.25, 0.3) is 0 Å². The Morgan fingerprint density at radius 2 is 1.24 bits per heavy atom. The zero-order chi connectivity index (χ0) is 27.9. The van der Waals surface area contributed by atoms with Crippen LogP contribution in [-0.2, 0) is 20.2 Å². The largest absolute Gasteiger partial charge is 0.413 e. The van der Waals surface area contributed by atoms with Crippen molar-refractivity contribution < 1.29 is 18.7 Å². The summed E-state index contributed by atoms with van der Waals surface area (Å²) in [6, 6.07) is 17.2. The molecule has 0 aliphatic rings. The molecule has 0 unspecified atom stereocenters. The van der Waals surface area contributed by atoms with E-state index in [1.165, 1.54) is 5.56 Å². The summed E-state index contributed by atoms with van der Waals surface area (Å²) in [6.45, 7) is 22.0. The summed E-state index contributed by atoms with van der Waals surface area (Å²) in [5.74, 6) is 0.654. The number of aliphatic hydroxyl groups is 1. The Hall–Kier alpha value is -0.766. The second kappa shape index (κ2) is 17.7. The van der Waals surface area contributed by atoms with Crippen LogP contribution in [0.5, 0.6) is 0 Å². The van der Waals surface area contributed by atoms with Gasteiger partial charge in [0.15, 0.2) is 16.6 Å². The quantitative estimate of drug-likeness (QED) is 0.131. The average Bonchev–Trinajstić information content (AvgIpc) is 2.94. The maximum absolute atomic E-state index is 9.49. The zero-order valence-electron chi connectivity index (χ0n) is 25.5. The molecule has 0 heterocycles. The van der Waals surface area contributed by atoms with E-state index in [1.54, 1.807) is 0 Å². The van der Waals surface area contributed by atoms with Crippen LogP contribution in [0.4, 0.5) is 0 Å². The molecule has 0 aromatic heterocycles. The Labute approximate surface area is 231 Å². The second-order valence-electron chi connectivity index (χ2n) is 11.0. The van der Waals surface area contributed by atoms with Crippen molar-refractivity contribution in [3.8, 4) is 0 Å². The van der Waals surface area contributed by atoms with Crippen LogP contribution >= 0.6 is 0 Å². The minimum Gasteiger partial charge on any atom is -0.413 e. The fourth-order valence-electron chi connectivity index (χ4n) is 5.62. The predicted octanol–water partition coefficient (Wildman–Crippen LogP) is 8.44. The van der Waals surface area contributed by atoms with E-state index in [0.717, 1.165) is 36.3 Å². The van der Waals surface area contributed by atoms with Gasteiger partial charge in [-0.05, 0) is 47.7 Å². The van der Waals surface area contributed by atoms with Gasteiger partial charge in [0.2, 0.25) is 0 Å². The molecule has 0 amide bonds. The monoisotopic (exact) mass is 550 g/mol. The molecule has 0 radical (unpaired) electrons. The van der Waals surface area contributed by atoms with E-state index < -0.39 is 16.6 Å². The van der Waals surface area contributed by atoms with Crippen LogP contribution < -0.4 is 0 Å². The molecular formula is C31H58O4Si2. The van der Waals surface area contributed by atoms with Crippen LogP contribution in [-0.4, -0.2) is 47.2 Å². The Balaban J connectivity index is 3.32. The number of hydrogen-bond donors (Lipinski definition) is 1. The van der Waals surface area contributed by atoms with Crippen molar-refractivity contribution in [3.63, 3.8) is 0 Å². The highest BCUT2D eigenvalue weighted by Crippen LogP contribution is 2.36. The normalized spacial score (nSPS) is 17.0. The van der Waals surface area contributed by atoms with Gasteiger partial charge in [0.1, 0.15) is 0 Å². The van der Waals surface area contributed by atoms with E-state index in [0.29, 0.717) is 13.2 Å². The number of rotatable bonds is 20. The van der Waals surface area contributed by atoms with E-state index in [-0.39, 0.29) is 36.6 Å². The molecule has 0 fully saturated rings. The third-order valence-electron chi connectivity index (χ3n) is 8.79. The molecule has 5 atom stereocenters. The highest BCUT2D eigenvalue weighted by atomic mass is 28.4. The SMILES string of the molecule is CC[Si](CC)(CC)O[C@H]([C@H](C)[C@H](O[Si](CC)(CC)CC)[C@H](C)COCc1ccccc1)[C@@H](C)/C=C/CO. The van der Waals surface area contributed by atoms with E-state index in [4.69, 9.17) is 13.6 Å². The highest BCUT2D eigenvalue weighted by molar-refractivity contribution is 6.74. The van der Waals surface area contributed by atoms with Crippen molar-refractivity contribution >= 4 is 16.6 Å². The summed E-state index contributed by atoms with van der Waals surface area (Å²) in [5.41, 5.74) is 1.20. The molecule has 37 heavy (non-hydrogen) atoms. The van der Waals surface area contributed by atoms with E-state index in [9.17, 15) is 5.11 Å². The topological polar surface area (TPSA) is 47.9 Å². The second-order valence-corrected chi connectivity index (χ2v) is 20.4. The Morgan fingerprint density at radius 3 is 1.70 bits per heavy atom. The molecule has 0 aliphatic carbocycles. The van der Waals surface area contributed by atoms with Crippen LogP contribution in [0.3, 0.4) is 0 Å². The third-order valence-corrected chi connectivity index (χ3v) is 18.1. The number of ether oxygens (including phenoxy) is 1. The smallest absolute Gasteiger partial charge is 0.192 e. The Morgan fingerprint density at radius 1 is 0.757 bits per heavy atom. The molecule has 1 aromatic rings. The first kappa shape index (κ1) is 34.3. The van der Waals surface area contributed by atoms with Gasteiger partial charge < -0.3 is 18.7 Å². The van der Waals surface area contributed by atoms with Gasteiger partial charge >= 0.3 is 0 Å². The molecule has 1 aromatic carbocycles. The van der Waals surface area contributed by atoms with Gasteiger partial charge in [-0.25, -0.2) is 0 Å². The standard InChI is InChI=1S/C31H58O4Si2/c1-10-36(11-2,12-3)34-30(26(7)20-19-23-32)28(9)31(35-37(13-4,14-5)15-6)27(8)24-33-25-29-21-17-16-18-22-29/h16-22,26-28,30-32H,10-15,23-25H2,1-9H3/b20-19+/t26-,27+,28-,30-,31+/m0/s1. The maximum Gasteiger partial charge on any atom is 0.192 e. The molecule has 4 nitrogen and oxygen atoms in total. The summed E-state index contributed by atoms with van der Waals surface area (Å²) in [7, 11) is -3.71. The summed E-state index contributed by atoms with van der Waals surface area (Å²) in [5, 5.41) is 9.49. The Bertz CT molecular complexity index is 717. The minimum absolute atomic E-state index is 0.0492. The molecule has 0 aliphatic heterocycles. The molecule has 0 saturated heterocycles. The van der Waals surface area contributed by atoms with Crippen LogP contribution in [0.1, 0.15) is 67.9 Å². The molecule has 0 bridgehead atoms. The molecule has 6 heteroatoms. The highest BCUT2D eigenvalue weighted by Gasteiger charge is 2.42. The van der Waals surface area contributed by atoms with Gasteiger partial charge in [0.25, 0.3) is 0 Å². The molecule has 1 rings (SSSR count). The van der Waals surface area contributed by atoms with Crippen molar-refractivity contribution in [3.05, 3.63) is 48.0 Å². The van der Waals surface area contributed by atoms with Crippen LogP contribution in [0.2, 0.25) is 36.3 Å². The number of benzene rings is 1. The van der Waals surface area contributed by atoms with Crippen molar-refractivity contribution in [2.45, 2.75) is 117 Å². The fraction of sp³-hybridized carbons (Fsp3) is 0.742. The first-order chi connectivity index (χ1) is 17.7. The lowest BCUT2D eigenvalue weighted by atomic mass is 9.84. The van der Waals surface area contributed by atoms with Crippen LogP contribution in [0, 0.1) is 17.8 Å². The van der Waals surface area contributed by atoms with Crippen molar-refractivity contribution in [2.24, 2.45) is 17.8 Å². The lowest BCUT2D eigenvalue weighted by Gasteiger charge is -2.45. The molecule has 1 N–H and O–H groups in total. The lowest BCUT2D eigenvalue weighted by molar-refractivity contribution is -0.0314. The fourth-order valence-corrected chi connectivity index (χ4v) is 11.6. The van der Waals surface area contributed by atoms with Crippen molar-refractivity contribution in [1.29, 1.82) is 0 Å². The summed E-state index contributed by atoms with van der Waals surface area (Å²) in [6.07, 6.45) is 4.12. The zero-order valence-corrected chi connectivity index (χ0v) is 27.5. The predicted molar refractivity (Wildman–Crippen MR) is 164 cm³/mol. The first-order valence-electron chi connectivity index (χ1n) is 14.9. The molecule has 0 spiro atoms. The van der Waals surface area contributed by atoms with Gasteiger partial charge in [-0.1, -0.05) is 105 Å². The average molecular weight is 551 g/mol. The number of aliphatic hydroxyl groups excluding tert-OH is 1. The van der Waals surface area contributed by atoms with Gasteiger partial charge in [-0.15, -0.1) is 0 Å². The maximum atomic E-state index is 9.49. The molecule has 214 valence electrons. The first-order valence-corrected chi connectivity index (χ1v) is 20.0. The lowest BCUT2D eigenvalue weighted by Crippen LogP contribution is -2.52. The summed E-state index contributed by atoms with van der Waals surface area (Å²) < 4.78 is 20.8. The molecular weight excluding hydrogens is 493 g/mol. The van der Waals surface area contributed by atoms with E-state index in [2.05, 4.69) is 92.7 Å². The van der Waals surface area contributed by atoms with Crippen LogP contribution in [0.15, 0.2) is 42.5 Å². The minimum atomic E-state index is -1.86. The van der Waals surface area contributed by atoms with Gasteiger partial charge in [-0.2, -0.15) is 0 Å². The van der Waals surface area contributed by atoms with E-state index >= 15 is 0 Å². The van der Waals surface area contributed by atoms with E-state index in [1.807, 2.05) is 12.1 Å². The Kier molecular flexibility index (Phi) is 16.4. The van der Waals surface area contributed by atoms with Gasteiger partial charge in [-0.3, -0.25) is 0 Å². The number of hydrogen-bond acceptors (Lipinski definition) is 4. The van der Waals surface area contributed by atoms with Crippen molar-refractivity contribution in [2.75, 3.05) is 13.2 Å². The van der Waals surface area contributed by atoms with Gasteiger partial charge in [0.05, 0.1) is 32.0 Å². The summed E-state index contributed by atoms with van der Waals surface area (Å²) >= 11 is 0. The van der Waals surface area contributed by atoms with Gasteiger partial charge in [0, 0.05) is 11.8 Å². The summed E-state index contributed by atoms with van der Waals surface area (Å²) in [4.78, 5) is 0. The third kappa shape index (κ3) is 10.4. The molecule has 0 saturated carbocycles.